The van der Waals surface area contributed by atoms with Gasteiger partial charge in [0.2, 0.25) is 0 Å². The Morgan fingerprint density at radius 3 is 2.00 bits per heavy atom. The smallest absolute Gasteiger partial charge is 0.174 e. The van der Waals surface area contributed by atoms with Crippen molar-refractivity contribution in [3.05, 3.63) is 0 Å². The van der Waals surface area contributed by atoms with E-state index in [1.807, 2.05) is 20.9 Å². The molecule has 0 radical (unpaired) electrons. The van der Waals surface area contributed by atoms with Crippen LogP contribution in [-0.2, 0) is 14.2 Å². The van der Waals surface area contributed by atoms with Gasteiger partial charge in [0, 0.05) is 14.2 Å². The first kappa shape index (κ1) is 12.8. The van der Waals surface area contributed by atoms with Crippen molar-refractivity contribution < 1.29 is 14.2 Å². The van der Waals surface area contributed by atoms with Gasteiger partial charge >= 0.3 is 0 Å². The maximum atomic E-state index is 5.46. The van der Waals surface area contributed by atoms with Gasteiger partial charge in [-0.1, -0.05) is 0 Å². The van der Waals surface area contributed by atoms with E-state index in [9.17, 15) is 0 Å². The standard InChI is InChI=1S/C9H21NO3/c1-7(2)13-6-8(10-3)9(11-4)12-5/h7-10H,6H2,1-5H3. The second kappa shape index (κ2) is 7.26. The molecule has 1 unspecified atom stereocenters. The van der Waals surface area contributed by atoms with Crippen molar-refractivity contribution >= 4 is 0 Å². The van der Waals surface area contributed by atoms with Crippen molar-refractivity contribution in [2.75, 3.05) is 27.9 Å². The molecule has 0 aliphatic carbocycles. The first-order valence-electron chi connectivity index (χ1n) is 4.50. The van der Waals surface area contributed by atoms with E-state index in [4.69, 9.17) is 14.2 Å². The average Bonchev–Trinajstić information content (AvgIpc) is 2.11. The Balaban J connectivity index is 3.85. The molecule has 4 heteroatoms. The largest absolute Gasteiger partial charge is 0.377 e. The van der Waals surface area contributed by atoms with Gasteiger partial charge in [-0.15, -0.1) is 0 Å². The van der Waals surface area contributed by atoms with Crippen molar-refractivity contribution in [3.8, 4) is 0 Å². The molecule has 0 saturated carbocycles. The van der Waals surface area contributed by atoms with Crippen LogP contribution in [0.2, 0.25) is 0 Å². The van der Waals surface area contributed by atoms with Gasteiger partial charge in [0.25, 0.3) is 0 Å². The van der Waals surface area contributed by atoms with E-state index in [2.05, 4.69) is 5.32 Å². The number of ether oxygens (including phenoxy) is 3. The minimum absolute atomic E-state index is 0.0670. The minimum Gasteiger partial charge on any atom is -0.377 e. The molecule has 0 aromatic heterocycles. The third-order valence-electron chi connectivity index (χ3n) is 1.77. The molecule has 0 aromatic rings. The lowest BCUT2D eigenvalue weighted by Gasteiger charge is -2.24. The molecule has 0 spiro atoms. The van der Waals surface area contributed by atoms with Crippen molar-refractivity contribution in [3.63, 3.8) is 0 Å². The molecule has 0 fully saturated rings. The van der Waals surface area contributed by atoms with Crippen molar-refractivity contribution in [2.45, 2.75) is 32.3 Å². The predicted molar refractivity (Wildman–Crippen MR) is 51.7 cm³/mol. The first-order chi connectivity index (χ1) is 6.15. The Kier molecular flexibility index (Phi) is 7.17. The number of hydrogen-bond acceptors (Lipinski definition) is 4. The summed E-state index contributed by atoms with van der Waals surface area (Å²) in [5.74, 6) is 0. The molecule has 1 atom stereocenters. The van der Waals surface area contributed by atoms with Gasteiger partial charge in [-0.3, -0.25) is 0 Å². The lowest BCUT2D eigenvalue weighted by atomic mass is 10.3. The summed E-state index contributed by atoms with van der Waals surface area (Å²) in [6, 6.07) is 0.0670. The zero-order chi connectivity index (χ0) is 10.3. The van der Waals surface area contributed by atoms with Crippen LogP contribution in [0.25, 0.3) is 0 Å². The van der Waals surface area contributed by atoms with E-state index in [0.717, 1.165) is 0 Å². The van der Waals surface area contributed by atoms with Crippen LogP contribution in [0.5, 0.6) is 0 Å². The third-order valence-corrected chi connectivity index (χ3v) is 1.77. The average molecular weight is 191 g/mol. The van der Waals surface area contributed by atoms with Gasteiger partial charge in [0.1, 0.15) is 0 Å². The van der Waals surface area contributed by atoms with E-state index in [1.165, 1.54) is 0 Å². The summed E-state index contributed by atoms with van der Waals surface area (Å²) < 4.78 is 15.7. The molecule has 80 valence electrons. The quantitative estimate of drug-likeness (QED) is 0.599. The molecule has 0 aliphatic rings. The molecule has 0 bridgehead atoms. The molecule has 0 heterocycles. The summed E-state index contributed by atoms with van der Waals surface area (Å²) in [5.41, 5.74) is 0. The fourth-order valence-electron chi connectivity index (χ4n) is 1.02. The summed E-state index contributed by atoms with van der Waals surface area (Å²) in [5, 5.41) is 3.08. The maximum Gasteiger partial charge on any atom is 0.174 e. The Morgan fingerprint density at radius 1 is 1.15 bits per heavy atom. The van der Waals surface area contributed by atoms with Gasteiger partial charge in [0.05, 0.1) is 18.8 Å². The van der Waals surface area contributed by atoms with E-state index in [1.54, 1.807) is 14.2 Å². The fraction of sp³-hybridized carbons (Fsp3) is 1.00. The topological polar surface area (TPSA) is 39.7 Å². The lowest BCUT2D eigenvalue weighted by molar-refractivity contribution is -0.136. The van der Waals surface area contributed by atoms with Crippen LogP contribution < -0.4 is 5.32 Å². The Hall–Kier alpha value is -0.160. The number of nitrogens with one attached hydrogen (secondary N) is 1. The molecule has 0 saturated heterocycles. The number of likely N-dealkylation sites (N-methyl/N-ethyl adjacent to an activating group) is 1. The molecule has 0 aliphatic heterocycles. The van der Waals surface area contributed by atoms with Crippen LogP contribution in [0.15, 0.2) is 0 Å². The van der Waals surface area contributed by atoms with Gasteiger partial charge in [0.15, 0.2) is 6.29 Å². The summed E-state index contributed by atoms with van der Waals surface area (Å²) in [7, 11) is 5.10. The van der Waals surface area contributed by atoms with E-state index in [-0.39, 0.29) is 18.4 Å². The Morgan fingerprint density at radius 2 is 1.69 bits per heavy atom. The highest BCUT2D eigenvalue weighted by molar-refractivity contribution is 4.67. The number of rotatable bonds is 7. The van der Waals surface area contributed by atoms with Crippen LogP contribution in [0.4, 0.5) is 0 Å². The predicted octanol–water partition coefficient (Wildman–Crippen LogP) is 0.618. The SMILES string of the molecule is CNC(COC(C)C)C(OC)OC. The second-order valence-corrected chi connectivity index (χ2v) is 3.12. The van der Waals surface area contributed by atoms with Crippen LogP contribution in [0.3, 0.4) is 0 Å². The third kappa shape index (κ3) is 5.21. The van der Waals surface area contributed by atoms with Gasteiger partial charge in [-0.2, -0.15) is 0 Å². The Labute approximate surface area is 80.5 Å². The molecule has 13 heavy (non-hydrogen) atoms. The lowest BCUT2D eigenvalue weighted by Crippen LogP contribution is -2.44. The minimum atomic E-state index is -0.260. The highest BCUT2D eigenvalue weighted by Crippen LogP contribution is 2.01. The Bertz CT molecular complexity index is 115. The molecule has 4 nitrogen and oxygen atoms in total. The zero-order valence-electron chi connectivity index (χ0n) is 9.16. The first-order valence-corrected chi connectivity index (χ1v) is 4.50. The number of methoxy groups -OCH3 is 2. The summed E-state index contributed by atoms with van der Waals surface area (Å²) in [6.45, 7) is 4.59. The van der Waals surface area contributed by atoms with E-state index >= 15 is 0 Å². The summed E-state index contributed by atoms with van der Waals surface area (Å²) in [6.07, 6.45) is -0.0334. The molecular formula is C9H21NO3. The van der Waals surface area contributed by atoms with Gasteiger partial charge < -0.3 is 19.5 Å². The molecule has 0 aromatic carbocycles. The number of hydrogen-bond donors (Lipinski definition) is 1. The van der Waals surface area contributed by atoms with Crippen LogP contribution in [0.1, 0.15) is 13.8 Å². The highest BCUT2D eigenvalue weighted by atomic mass is 16.7. The molecule has 0 rings (SSSR count). The maximum absolute atomic E-state index is 5.46. The summed E-state index contributed by atoms with van der Waals surface area (Å²) >= 11 is 0. The zero-order valence-corrected chi connectivity index (χ0v) is 9.16. The monoisotopic (exact) mass is 191 g/mol. The van der Waals surface area contributed by atoms with Crippen LogP contribution in [0, 0.1) is 0 Å². The van der Waals surface area contributed by atoms with E-state index < -0.39 is 0 Å². The highest BCUT2D eigenvalue weighted by Gasteiger charge is 2.19. The molecule has 0 amide bonds. The summed E-state index contributed by atoms with van der Waals surface area (Å²) in [4.78, 5) is 0. The van der Waals surface area contributed by atoms with Gasteiger partial charge in [-0.25, -0.2) is 0 Å². The fourth-order valence-corrected chi connectivity index (χ4v) is 1.02. The van der Waals surface area contributed by atoms with Crippen LogP contribution >= 0.6 is 0 Å². The van der Waals surface area contributed by atoms with Crippen LogP contribution in [-0.4, -0.2) is 46.3 Å². The molecular weight excluding hydrogens is 170 g/mol. The molecule has 1 N–H and O–H groups in total. The van der Waals surface area contributed by atoms with Crippen molar-refractivity contribution in [2.24, 2.45) is 0 Å². The normalized spacial score (nSPS) is 14.1. The van der Waals surface area contributed by atoms with Gasteiger partial charge in [-0.05, 0) is 20.9 Å². The second-order valence-electron chi connectivity index (χ2n) is 3.12. The van der Waals surface area contributed by atoms with Crippen molar-refractivity contribution in [1.82, 2.24) is 5.32 Å². The van der Waals surface area contributed by atoms with Crippen molar-refractivity contribution in [1.29, 1.82) is 0 Å². The van der Waals surface area contributed by atoms with E-state index in [0.29, 0.717) is 6.61 Å².